The highest BCUT2D eigenvalue weighted by molar-refractivity contribution is 7.15. The first-order valence-electron chi connectivity index (χ1n) is 5.26. The van der Waals surface area contributed by atoms with E-state index in [0.717, 1.165) is 5.56 Å². The smallest absolute Gasteiger partial charge is 0.292 e. The molecule has 2 aromatic heterocycles. The van der Waals surface area contributed by atoms with Gasteiger partial charge in [0.2, 0.25) is 10.1 Å². The molecule has 0 aliphatic heterocycles. The number of urea groups is 1. The first kappa shape index (κ1) is 14.2. The summed E-state index contributed by atoms with van der Waals surface area (Å²) in [5.41, 5.74) is 0.880. The number of nitrogens with one attached hydrogen (secondary N) is 2. The number of halogens is 3. The van der Waals surface area contributed by atoms with Crippen LogP contribution in [0.1, 0.15) is 10.6 Å². The summed E-state index contributed by atoms with van der Waals surface area (Å²) in [6.07, 6.45) is -3.08. The van der Waals surface area contributed by atoms with Gasteiger partial charge in [-0.25, -0.2) is 9.78 Å². The van der Waals surface area contributed by atoms with Crippen LogP contribution in [0, 0.1) is 6.92 Å². The zero-order chi connectivity index (χ0) is 14.8. The van der Waals surface area contributed by atoms with Gasteiger partial charge in [-0.15, -0.1) is 10.2 Å². The molecule has 0 saturated heterocycles. The zero-order valence-electron chi connectivity index (χ0n) is 10.0. The number of hydrogen-bond donors (Lipinski definition) is 2. The van der Waals surface area contributed by atoms with Crippen LogP contribution in [0.5, 0.6) is 0 Å². The summed E-state index contributed by atoms with van der Waals surface area (Å²) in [6, 6.07) is 2.61. The van der Waals surface area contributed by atoms with Gasteiger partial charge in [0, 0.05) is 6.20 Å². The van der Waals surface area contributed by atoms with Crippen LogP contribution < -0.4 is 10.6 Å². The monoisotopic (exact) mass is 303 g/mol. The Labute approximate surface area is 115 Å². The van der Waals surface area contributed by atoms with Gasteiger partial charge in [-0.05, 0) is 24.6 Å². The first-order valence-corrected chi connectivity index (χ1v) is 6.07. The van der Waals surface area contributed by atoms with E-state index in [0.29, 0.717) is 0 Å². The maximum Gasteiger partial charge on any atom is 0.445 e. The molecule has 0 aromatic carbocycles. The number of amides is 2. The van der Waals surface area contributed by atoms with E-state index < -0.39 is 17.2 Å². The van der Waals surface area contributed by atoms with Gasteiger partial charge < -0.3 is 0 Å². The summed E-state index contributed by atoms with van der Waals surface area (Å²) in [6.45, 7) is 1.81. The van der Waals surface area contributed by atoms with Crippen LogP contribution in [0.15, 0.2) is 18.3 Å². The molecule has 106 valence electrons. The van der Waals surface area contributed by atoms with E-state index >= 15 is 0 Å². The molecule has 0 saturated carbocycles. The molecule has 0 radical (unpaired) electrons. The van der Waals surface area contributed by atoms with E-state index in [-0.39, 0.29) is 22.3 Å². The number of alkyl halides is 3. The average Bonchev–Trinajstić information content (AvgIpc) is 2.76. The second-order valence-corrected chi connectivity index (χ2v) is 4.69. The third-order valence-electron chi connectivity index (χ3n) is 2.05. The molecule has 2 rings (SSSR count). The van der Waals surface area contributed by atoms with Crippen molar-refractivity contribution in [1.82, 2.24) is 15.2 Å². The predicted molar refractivity (Wildman–Crippen MR) is 66.5 cm³/mol. The van der Waals surface area contributed by atoms with Gasteiger partial charge in [0.25, 0.3) is 0 Å². The molecule has 2 N–H and O–H groups in total. The number of nitrogens with zero attached hydrogens (tertiary/aromatic N) is 3. The van der Waals surface area contributed by atoms with Gasteiger partial charge >= 0.3 is 12.2 Å². The Kier molecular flexibility index (Phi) is 3.84. The van der Waals surface area contributed by atoms with Crippen LogP contribution in [0.4, 0.5) is 28.9 Å². The molecule has 0 aliphatic carbocycles. The van der Waals surface area contributed by atoms with Crippen molar-refractivity contribution in [3.8, 4) is 0 Å². The summed E-state index contributed by atoms with van der Waals surface area (Å²) >= 11 is 0.242. The van der Waals surface area contributed by atoms with Crippen LogP contribution in [-0.4, -0.2) is 21.2 Å². The minimum absolute atomic E-state index is 0.242. The van der Waals surface area contributed by atoms with Crippen molar-refractivity contribution in [3.05, 3.63) is 28.9 Å². The minimum atomic E-state index is -4.58. The molecule has 0 fully saturated rings. The molecule has 10 heteroatoms. The number of anilines is 2. The Morgan fingerprint density at radius 2 is 2.05 bits per heavy atom. The predicted octanol–water partition coefficient (Wildman–Crippen LogP) is 2.90. The molecule has 0 aliphatic rings. The van der Waals surface area contributed by atoms with Crippen LogP contribution in [0.3, 0.4) is 0 Å². The standard InChI is InChI=1S/C10H8F3N5OS/c1-5-2-3-14-6(4-5)15-8(19)16-9-18-17-7(20-9)10(11,12)13/h2-4H,1H3,(H2,14,15,16,18,19). The number of hydrogen-bond acceptors (Lipinski definition) is 5. The Morgan fingerprint density at radius 1 is 1.30 bits per heavy atom. The first-order chi connectivity index (χ1) is 9.34. The van der Waals surface area contributed by atoms with Crippen molar-refractivity contribution in [2.45, 2.75) is 13.1 Å². The third kappa shape index (κ3) is 3.63. The topological polar surface area (TPSA) is 79.8 Å². The van der Waals surface area contributed by atoms with Gasteiger partial charge in [0.15, 0.2) is 0 Å². The number of carbonyl (C=O) groups excluding carboxylic acids is 1. The molecule has 0 atom stereocenters. The largest absolute Gasteiger partial charge is 0.445 e. The van der Waals surface area contributed by atoms with E-state index in [9.17, 15) is 18.0 Å². The van der Waals surface area contributed by atoms with Crippen molar-refractivity contribution in [2.75, 3.05) is 10.6 Å². The number of rotatable bonds is 2. The Hall–Kier alpha value is -2.23. The summed E-state index contributed by atoms with van der Waals surface area (Å²) in [5.74, 6) is 0.281. The molecule has 0 spiro atoms. The Morgan fingerprint density at radius 3 is 2.65 bits per heavy atom. The quantitative estimate of drug-likeness (QED) is 0.894. The van der Waals surface area contributed by atoms with Gasteiger partial charge in [-0.2, -0.15) is 13.2 Å². The fourth-order valence-corrected chi connectivity index (χ4v) is 1.84. The molecule has 0 bridgehead atoms. The lowest BCUT2D eigenvalue weighted by Crippen LogP contribution is -2.20. The fraction of sp³-hybridized carbons (Fsp3) is 0.200. The van der Waals surface area contributed by atoms with Crippen molar-refractivity contribution >= 4 is 28.3 Å². The van der Waals surface area contributed by atoms with Crippen molar-refractivity contribution in [2.24, 2.45) is 0 Å². The zero-order valence-corrected chi connectivity index (χ0v) is 10.8. The normalized spacial score (nSPS) is 11.2. The van der Waals surface area contributed by atoms with E-state index in [1.54, 1.807) is 12.1 Å². The Bertz CT molecular complexity index is 627. The molecule has 0 unspecified atom stereocenters. The van der Waals surface area contributed by atoms with E-state index in [1.807, 2.05) is 6.92 Å². The minimum Gasteiger partial charge on any atom is -0.292 e. The highest BCUT2D eigenvalue weighted by atomic mass is 32.1. The highest BCUT2D eigenvalue weighted by Gasteiger charge is 2.35. The maximum atomic E-state index is 12.3. The van der Waals surface area contributed by atoms with Gasteiger partial charge in [-0.3, -0.25) is 10.6 Å². The SMILES string of the molecule is Cc1ccnc(NC(=O)Nc2nnc(C(F)(F)F)s2)c1. The second-order valence-electron chi connectivity index (χ2n) is 3.71. The molecular weight excluding hydrogens is 295 g/mol. The van der Waals surface area contributed by atoms with Crippen LogP contribution in [0.2, 0.25) is 0 Å². The number of pyridine rings is 1. The van der Waals surface area contributed by atoms with Crippen LogP contribution in [0.25, 0.3) is 0 Å². The molecular formula is C10H8F3N5OS. The Balaban J connectivity index is 2.00. The van der Waals surface area contributed by atoms with Gasteiger partial charge in [-0.1, -0.05) is 11.3 Å². The average molecular weight is 303 g/mol. The van der Waals surface area contributed by atoms with E-state index in [2.05, 4.69) is 25.8 Å². The summed E-state index contributed by atoms with van der Waals surface area (Å²) in [7, 11) is 0. The summed E-state index contributed by atoms with van der Waals surface area (Å²) in [4.78, 5) is 15.4. The van der Waals surface area contributed by atoms with Crippen molar-refractivity contribution in [3.63, 3.8) is 0 Å². The number of aromatic nitrogens is 3. The summed E-state index contributed by atoms with van der Waals surface area (Å²) in [5, 5.41) is 9.35. The highest BCUT2D eigenvalue weighted by Crippen LogP contribution is 2.32. The molecule has 2 heterocycles. The number of aryl methyl sites for hydroxylation is 1. The third-order valence-corrected chi connectivity index (χ3v) is 2.93. The van der Waals surface area contributed by atoms with E-state index in [4.69, 9.17) is 0 Å². The second kappa shape index (κ2) is 5.41. The molecule has 20 heavy (non-hydrogen) atoms. The van der Waals surface area contributed by atoms with Gasteiger partial charge in [0.05, 0.1) is 0 Å². The van der Waals surface area contributed by atoms with Crippen LogP contribution in [-0.2, 0) is 6.18 Å². The lowest BCUT2D eigenvalue weighted by molar-refractivity contribution is -0.138. The van der Waals surface area contributed by atoms with Gasteiger partial charge in [0.1, 0.15) is 5.82 Å². The lowest BCUT2D eigenvalue weighted by Gasteiger charge is -2.04. The molecule has 6 nitrogen and oxygen atoms in total. The maximum absolute atomic E-state index is 12.3. The fourth-order valence-electron chi connectivity index (χ4n) is 1.24. The number of carbonyl (C=O) groups is 1. The molecule has 2 aromatic rings. The van der Waals surface area contributed by atoms with Crippen molar-refractivity contribution < 1.29 is 18.0 Å². The lowest BCUT2D eigenvalue weighted by atomic mass is 10.3. The van der Waals surface area contributed by atoms with Crippen LogP contribution >= 0.6 is 11.3 Å². The van der Waals surface area contributed by atoms with Crippen molar-refractivity contribution in [1.29, 1.82) is 0 Å². The molecule has 2 amide bonds. The van der Waals surface area contributed by atoms with E-state index in [1.165, 1.54) is 6.20 Å². The summed E-state index contributed by atoms with van der Waals surface area (Å²) < 4.78 is 36.9.